The maximum Gasteiger partial charge on any atom is 0.319 e. The number of methoxy groups -OCH3 is 1. The Kier molecular flexibility index (Phi) is 3.35. The third kappa shape index (κ3) is 2.75. The van der Waals surface area contributed by atoms with Crippen LogP contribution in [0.15, 0.2) is 24.5 Å². The monoisotopic (exact) mass is 169 g/mol. The van der Waals surface area contributed by atoms with Gasteiger partial charge >= 0.3 is 5.97 Å². The van der Waals surface area contributed by atoms with Crippen LogP contribution in [0.2, 0.25) is 0 Å². The smallest absolute Gasteiger partial charge is 0.319 e. The first-order chi connectivity index (χ1) is 5.83. The normalized spacial score (nSPS) is 20.2. The minimum absolute atomic E-state index is 0.152. The van der Waals surface area contributed by atoms with Gasteiger partial charge in [0.15, 0.2) is 6.23 Å². The average molecular weight is 169 g/mol. The molecule has 0 aromatic carbocycles. The molecular weight excluding hydrogens is 158 g/mol. The second-order valence-electron chi connectivity index (χ2n) is 2.23. The lowest BCUT2D eigenvalue weighted by atomic mass is 10.4. The van der Waals surface area contributed by atoms with Crippen molar-refractivity contribution in [3.63, 3.8) is 0 Å². The summed E-state index contributed by atoms with van der Waals surface area (Å²) in [4.78, 5) is 10.7. The van der Waals surface area contributed by atoms with E-state index < -0.39 is 0 Å². The summed E-state index contributed by atoms with van der Waals surface area (Å²) in [6.45, 7) is 0.152. The number of rotatable bonds is 3. The molecule has 0 bridgehead atoms. The lowest BCUT2D eigenvalue weighted by Gasteiger charge is -2.15. The topological polar surface area (TPSA) is 47.6 Å². The summed E-state index contributed by atoms with van der Waals surface area (Å²) >= 11 is 0. The standard InChI is InChI=1S/C8H11NO3/c1-11-8(10)6-9-7-4-2-3-5-12-7/h2-5,7,9H,6H2,1H3. The summed E-state index contributed by atoms with van der Waals surface area (Å²) in [6, 6.07) is 0. The number of allylic oxidation sites excluding steroid dienone is 2. The van der Waals surface area contributed by atoms with E-state index in [0.717, 1.165) is 0 Å². The Morgan fingerprint density at radius 1 is 1.67 bits per heavy atom. The second kappa shape index (κ2) is 4.56. The van der Waals surface area contributed by atoms with Crippen molar-refractivity contribution in [1.82, 2.24) is 5.32 Å². The minimum atomic E-state index is -0.304. The summed E-state index contributed by atoms with van der Waals surface area (Å²) in [7, 11) is 1.35. The van der Waals surface area contributed by atoms with Crippen LogP contribution in [0, 0.1) is 0 Å². The highest BCUT2D eigenvalue weighted by Gasteiger charge is 2.07. The number of carbonyl (C=O) groups is 1. The maximum absolute atomic E-state index is 10.7. The van der Waals surface area contributed by atoms with Gasteiger partial charge < -0.3 is 9.47 Å². The number of nitrogens with one attached hydrogen (secondary N) is 1. The van der Waals surface area contributed by atoms with Gasteiger partial charge in [-0.05, 0) is 12.2 Å². The Balaban J connectivity index is 2.19. The van der Waals surface area contributed by atoms with Gasteiger partial charge in [0.05, 0.1) is 19.9 Å². The highest BCUT2D eigenvalue weighted by molar-refractivity contribution is 5.71. The molecular formula is C8H11NO3. The first-order valence-corrected chi connectivity index (χ1v) is 3.62. The van der Waals surface area contributed by atoms with Crippen molar-refractivity contribution in [2.75, 3.05) is 13.7 Å². The van der Waals surface area contributed by atoms with Crippen LogP contribution >= 0.6 is 0 Å². The summed E-state index contributed by atoms with van der Waals surface area (Å²) in [6.07, 6.45) is 6.77. The molecule has 0 aromatic heterocycles. The van der Waals surface area contributed by atoms with Gasteiger partial charge in [-0.2, -0.15) is 0 Å². The molecule has 0 amide bonds. The molecule has 12 heavy (non-hydrogen) atoms. The zero-order valence-corrected chi connectivity index (χ0v) is 6.82. The number of hydrogen-bond donors (Lipinski definition) is 1. The second-order valence-corrected chi connectivity index (χ2v) is 2.23. The Labute approximate surface area is 70.8 Å². The van der Waals surface area contributed by atoms with Gasteiger partial charge in [0.25, 0.3) is 0 Å². The van der Waals surface area contributed by atoms with Gasteiger partial charge in [-0.1, -0.05) is 6.08 Å². The van der Waals surface area contributed by atoms with E-state index in [4.69, 9.17) is 4.74 Å². The molecule has 0 spiro atoms. The van der Waals surface area contributed by atoms with Crippen LogP contribution in [0.3, 0.4) is 0 Å². The molecule has 0 aromatic rings. The highest BCUT2D eigenvalue weighted by Crippen LogP contribution is 1.97. The van der Waals surface area contributed by atoms with Crippen molar-refractivity contribution in [1.29, 1.82) is 0 Å². The Hall–Kier alpha value is -1.29. The Bertz CT molecular complexity index is 210. The fourth-order valence-corrected chi connectivity index (χ4v) is 0.758. The zero-order valence-electron chi connectivity index (χ0n) is 6.82. The van der Waals surface area contributed by atoms with Crippen LogP contribution < -0.4 is 5.32 Å². The van der Waals surface area contributed by atoms with Crippen LogP contribution in [0.1, 0.15) is 0 Å². The molecule has 0 fully saturated rings. The van der Waals surface area contributed by atoms with Crippen LogP contribution in [0.25, 0.3) is 0 Å². The Morgan fingerprint density at radius 2 is 2.50 bits per heavy atom. The van der Waals surface area contributed by atoms with E-state index in [1.165, 1.54) is 7.11 Å². The van der Waals surface area contributed by atoms with Crippen LogP contribution in [-0.4, -0.2) is 25.9 Å². The molecule has 1 aliphatic rings. The van der Waals surface area contributed by atoms with Crippen LogP contribution in [0.4, 0.5) is 0 Å². The van der Waals surface area contributed by atoms with Gasteiger partial charge in [0.1, 0.15) is 0 Å². The molecule has 4 heteroatoms. The number of esters is 1. The van der Waals surface area contributed by atoms with Crippen molar-refractivity contribution in [3.05, 3.63) is 24.5 Å². The third-order valence-electron chi connectivity index (χ3n) is 1.38. The predicted octanol–water partition coefficient (Wildman–Crippen LogP) is 0.175. The molecule has 66 valence electrons. The zero-order chi connectivity index (χ0) is 8.81. The van der Waals surface area contributed by atoms with E-state index in [0.29, 0.717) is 0 Å². The number of carbonyl (C=O) groups excluding carboxylic acids is 1. The van der Waals surface area contributed by atoms with E-state index in [1.54, 1.807) is 12.3 Å². The molecule has 1 rings (SSSR count). The van der Waals surface area contributed by atoms with E-state index in [-0.39, 0.29) is 18.7 Å². The van der Waals surface area contributed by atoms with Gasteiger partial charge in [0.2, 0.25) is 0 Å². The third-order valence-corrected chi connectivity index (χ3v) is 1.38. The summed E-state index contributed by atoms with van der Waals surface area (Å²) in [5, 5.41) is 2.84. The fourth-order valence-electron chi connectivity index (χ4n) is 0.758. The first kappa shape index (κ1) is 8.80. The molecule has 4 nitrogen and oxygen atoms in total. The van der Waals surface area contributed by atoms with Crippen LogP contribution in [0.5, 0.6) is 0 Å². The average Bonchev–Trinajstić information content (AvgIpc) is 2.16. The molecule has 0 saturated heterocycles. The van der Waals surface area contributed by atoms with Gasteiger partial charge in [-0.15, -0.1) is 0 Å². The lowest BCUT2D eigenvalue weighted by Crippen LogP contribution is -2.34. The lowest BCUT2D eigenvalue weighted by molar-refractivity contribution is -0.140. The molecule has 0 radical (unpaired) electrons. The first-order valence-electron chi connectivity index (χ1n) is 3.62. The fraction of sp³-hybridized carbons (Fsp3) is 0.375. The summed E-state index contributed by atoms with van der Waals surface area (Å²) in [5.74, 6) is -0.304. The minimum Gasteiger partial charge on any atom is -0.479 e. The van der Waals surface area contributed by atoms with Gasteiger partial charge in [-0.25, -0.2) is 0 Å². The quantitative estimate of drug-likeness (QED) is 0.612. The van der Waals surface area contributed by atoms with Crippen LogP contribution in [-0.2, 0) is 14.3 Å². The number of ether oxygens (including phenoxy) is 2. The van der Waals surface area contributed by atoms with E-state index in [2.05, 4.69) is 10.1 Å². The van der Waals surface area contributed by atoms with Crippen molar-refractivity contribution >= 4 is 5.97 Å². The molecule has 1 atom stereocenters. The van der Waals surface area contributed by atoms with Crippen molar-refractivity contribution in [2.45, 2.75) is 6.23 Å². The largest absolute Gasteiger partial charge is 0.479 e. The maximum atomic E-state index is 10.7. The van der Waals surface area contributed by atoms with E-state index in [9.17, 15) is 4.79 Å². The number of hydrogen-bond acceptors (Lipinski definition) is 4. The summed E-state index contributed by atoms with van der Waals surface area (Å²) in [5.41, 5.74) is 0. The van der Waals surface area contributed by atoms with E-state index >= 15 is 0 Å². The van der Waals surface area contributed by atoms with Crippen molar-refractivity contribution in [2.24, 2.45) is 0 Å². The highest BCUT2D eigenvalue weighted by atomic mass is 16.5. The molecule has 1 heterocycles. The summed E-state index contributed by atoms with van der Waals surface area (Å²) < 4.78 is 9.53. The van der Waals surface area contributed by atoms with Gasteiger partial charge in [0, 0.05) is 0 Å². The van der Waals surface area contributed by atoms with E-state index in [1.807, 2.05) is 12.2 Å². The molecule has 0 saturated carbocycles. The molecule has 1 N–H and O–H groups in total. The van der Waals surface area contributed by atoms with Crippen molar-refractivity contribution < 1.29 is 14.3 Å². The SMILES string of the molecule is COC(=O)CNC1C=CC=CO1. The predicted molar refractivity (Wildman–Crippen MR) is 43.2 cm³/mol. The molecule has 0 aliphatic carbocycles. The van der Waals surface area contributed by atoms with Gasteiger partial charge in [-0.3, -0.25) is 10.1 Å². The molecule has 1 unspecified atom stereocenters. The van der Waals surface area contributed by atoms with Crippen molar-refractivity contribution in [3.8, 4) is 0 Å². The molecule has 1 aliphatic heterocycles. The Morgan fingerprint density at radius 3 is 3.08 bits per heavy atom.